The van der Waals surface area contributed by atoms with Gasteiger partial charge in [0.1, 0.15) is 5.15 Å². The van der Waals surface area contributed by atoms with Crippen molar-refractivity contribution in [2.75, 3.05) is 5.32 Å². The lowest BCUT2D eigenvalue weighted by Crippen LogP contribution is -2.30. The first kappa shape index (κ1) is 22.0. The van der Waals surface area contributed by atoms with Gasteiger partial charge in [-0.3, -0.25) is 9.89 Å². The molecule has 1 amide bonds. The number of rotatable bonds is 3. The second kappa shape index (κ2) is 8.02. The van der Waals surface area contributed by atoms with E-state index in [4.69, 9.17) is 11.6 Å². The largest absolute Gasteiger partial charge is 0.416 e. The van der Waals surface area contributed by atoms with Gasteiger partial charge in [0.2, 0.25) is 0 Å². The van der Waals surface area contributed by atoms with Crippen molar-refractivity contribution in [1.82, 2.24) is 15.5 Å². The van der Waals surface area contributed by atoms with Gasteiger partial charge in [-0.1, -0.05) is 24.2 Å². The average molecular weight is 461 g/mol. The molecule has 2 heterocycles. The van der Waals surface area contributed by atoms with E-state index in [9.17, 15) is 18.0 Å². The third-order valence-corrected chi connectivity index (χ3v) is 5.84. The minimum absolute atomic E-state index is 0.356. The number of nitrogens with one attached hydrogen (secondary N) is 3. The third kappa shape index (κ3) is 4.10. The van der Waals surface area contributed by atoms with E-state index in [1.807, 2.05) is 0 Å². The van der Waals surface area contributed by atoms with Crippen molar-refractivity contribution in [3.63, 3.8) is 0 Å². The molecule has 5 nitrogen and oxygen atoms in total. The molecule has 0 spiro atoms. The van der Waals surface area contributed by atoms with Gasteiger partial charge in [-0.15, -0.1) is 0 Å². The van der Waals surface area contributed by atoms with Crippen molar-refractivity contribution in [1.29, 1.82) is 0 Å². The second-order valence-electron chi connectivity index (χ2n) is 7.82. The molecule has 0 saturated carbocycles. The number of hydrogen-bond donors (Lipinski definition) is 3. The number of aryl methyl sites for hydroxylation is 1. The molecule has 0 aliphatic carbocycles. The topological polar surface area (TPSA) is 69.8 Å². The van der Waals surface area contributed by atoms with Gasteiger partial charge in [0.25, 0.3) is 5.91 Å². The maximum Gasteiger partial charge on any atom is 0.416 e. The minimum atomic E-state index is -4.43. The molecule has 1 aromatic heterocycles. The summed E-state index contributed by atoms with van der Waals surface area (Å²) in [5.41, 5.74) is 3.32. The van der Waals surface area contributed by atoms with Gasteiger partial charge in [-0.2, -0.15) is 18.3 Å². The second-order valence-corrected chi connectivity index (χ2v) is 8.19. The Labute approximate surface area is 187 Å². The number of amides is 1. The lowest BCUT2D eigenvalue weighted by atomic mass is 9.81. The lowest BCUT2D eigenvalue weighted by molar-refractivity contribution is -0.137. The summed E-state index contributed by atoms with van der Waals surface area (Å²) in [6.07, 6.45) is -4.04. The highest BCUT2D eigenvalue weighted by Crippen LogP contribution is 2.39. The van der Waals surface area contributed by atoms with Crippen molar-refractivity contribution < 1.29 is 18.0 Å². The Balaban J connectivity index is 1.69. The van der Waals surface area contributed by atoms with E-state index in [-0.39, 0.29) is 5.91 Å². The highest BCUT2D eigenvalue weighted by molar-refractivity contribution is 6.34. The number of nitrogens with zero attached hydrogens (tertiary/aromatic N) is 1. The maximum absolute atomic E-state index is 13.3. The molecule has 3 N–H and O–H groups in total. The summed E-state index contributed by atoms with van der Waals surface area (Å²) in [4.78, 5) is 13.3. The Bertz CT molecular complexity index is 1280. The number of halogens is 4. The van der Waals surface area contributed by atoms with Crippen molar-refractivity contribution in [3.05, 3.63) is 81.8 Å². The zero-order valence-electron chi connectivity index (χ0n) is 17.3. The van der Waals surface area contributed by atoms with E-state index < -0.39 is 17.7 Å². The fraction of sp³-hybridized carbons (Fsp3) is 0.217. The van der Waals surface area contributed by atoms with E-state index in [2.05, 4.69) is 27.4 Å². The smallest absolute Gasteiger partial charge is 0.363 e. The fourth-order valence-electron chi connectivity index (χ4n) is 4.09. The molecule has 0 saturated heterocycles. The molecule has 2 aromatic carbocycles. The van der Waals surface area contributed by atoms with E-state index in [0.717, 1.165) is 12.1 Å². The molecule has 0 fully saturated rings. The molecule has 1 aliphatic rings. The van der Waals surface area contributed by atoms with Crippen molar-refractivity contribution >= 4 is 34.1 Å². The van der Waals surface area contributed by atoms with Crippen LogP contribution in [0, 0.1) is 6.92 Å². The van der Waals surface area contributed by atoms with Gasteiger partial charge < -0.3 is 10.6 Å². The van der Waals surface area contributed by atoms with Crippen LogP contribution in [0.5, 0.6) is 0 Å². The van der Waals surface area contributed by atoms with Crippen LogP contribution in [-0.4, -0.2) is 16.1 Å². The number of benzene rings is 2. The van der Waals surface area contributed by atoms with Crippen LogP contribution in [0.3, 0.4) is 0 Å². The Morgan fingerprint density at radius 3 is 2.66 bits per heavy atom. The highest BCUT2D eigenvalue weighted by Gasteiger charge is 2.34. The SMILES string of the molecule is C=C1CC(c2ccc(C(F)(F)F)cc2C)C(C(=O)Nc2ccc3n[nH]c(Cl)c3c2)=C(C)N1. The number of aromatic nitrogens is 2. The van der Waals surface area contributed by atoms with Gasteiger partial charge in [0.05, 0.1) is 11.1 Å². The molecular weight excluding hydrogens is 441 g/mol. The van der Waals surface area contributed by atoms with Gasteiger partial charge in [0, 0.05) is 34.0 Å². The highest BCUT2D eigenvalue weighted by atomic mass is 35.5. The Morgan fingerprint density at radius 2 is 1.97 bits per heavy atom. The summed E-state index contributed by atoms with van der Waals surface area (Å²) >= 11 is 6.09. The number of alkyl halides is 3. The predicted molar refractivity (Wildman–Crippen MR) is 118 cm³/mol. The van der Waals surface area contributed by atoms with Gasteiger partial charge >= 0.3 is 6.18 Å². The first-order chi connectivity index (χ1) is 15.0. The molecule has 3 aromatic rings. The summed E-state index contributed by atoms with van der Waals surface area (Å²) in [6, 6.07) is 8.75. The first-order valence-corrected chi connectivity index (χ1v) is 10.2. The van der Waals surface area contributed by atoms with E-state index in [1.54, 1.807) is 32.0 Å². The lowest BCUT2D eigenvalue weighted by Gasteiger charge is -2.30. The zero-order chi connectivity index (χ0) is 23.2. The van der Waals surface area contributed by atoms with Crippen molar-refractivity contribution in [3.8, 4) is 0 Å². The Kier molecular flexibility index (Phi) is 5.50. The van der Waals surface area contributed by atoms with Crippen LogP contribution in [0.15, 0.2) is 59.9 Å². The third-order valence-electron chi connectivity index (χ3n) is 5.55. The van der Waals surface area contributed by atoms with E-state index in [1.165, 1.54) is 6.07 Å². The van der Waals surface area contributed by atoms with E-state index in [0.29, 0.717) is 56.3 Å². The zero-order valence-corrected chi connectivity index (χ0v) is 18.1. The number of fused-ring (bicyclic) bond motifs is 1. The van der Waals surface area contributed by atoms with Gasteiger partial charge in [-0.05, 0) is 61.7 Å². The molecule has 0 radical (unpaired) electrons. The number of anilines is 1. The quantitative estimate of drug-likeness (QED) is 0.446. The van der Waals surface area contributed by atoms with Crippen LogP contribution < -0.4 is 10.6 Å². The number of carbonyl (C=O) groups excluding carboxylic acids is 1. The molecule has 1 unspecified atom stereocenters. The number of allylic oxidation sites excluding steroid dienone is 2. The normalized spacial score (nSPS) is 16.9. The van der Waals surface area contributed by atoms with Crippen molar-refractivity contribution in [2.24, 2.45) is 0 Å². The fourth-order valence-corrected chi connectivity index (χ4v) is 4.28. The number of hydrogen-bond acceptors (Lipinski definition) is 3. The standard InChI is InChI=1S/C23H20ClF3N4O/c1-11-8-14(23(25,26)27)4-6-16(11)17-9-12(2)28-13(3)20(17)22(32)29-15-5-7-19-18(10-15)21(24)31-30-19/h4-8,10,17,28H,2,9H2,1,3H3,(H,29,32)(H,30,31). The Hall–Kier alpha value is -3.26. The minimum Gasteiger partial charge on any atom is -0.363 e. The Morgan fingerprint density at radius 1 is 1.22 bits per heavy atom. The molecule has 32 heavy (non-hydrogen) atoms. The summed E-state index contributed by atoms with van der Waals surface area (Å²) in [5.74, 6) is -0.793. The number of carbonyl (C=O) groups is 1. The maximum atomic E-state index is 13.3. The predicted octanol–water partition coefficient (Wildman–Crippen LogP) is 6.05. The molecule has 1 atom stereocenters. The van der Waals surface area contributed by atoms with E-state index >= 15 is 0 Å². The van der Waals surface area contributed by atoms with Gasteiger partial charge in [0.15, 0.2) is 0 Å². The summed E-state index contributed by atoms with van der Waals surface area (Å²) in [6.45, 7) is 7.33. The number of H-pyrrole nitrogens is 1. The molecular formula is C23H20ClF3N4O. The summed E-state index contributed by atoms with van der Waals surface area (Å²) in [7, 11) is 0. The average Bonchev–Trinajstić information content (AvgIpc) is 3.07. The van der Waals surface area contributed by atoms with Crippen molar-refractivity contribution in [2.45, 2.75) is 32.4 Å². The van der Waals surface area contributed by atoms with Crippen LogP contribution in [-0.2, 0) is 11.0 Å². The molecule has 1 aliphatic heterocycles. The van der Waals surface area contributed by atoms with Crippen LogP contribution >= 0.6 is 11.6 Å². The van der Waals surface area contributed by atoms with Crippen LogP contribution in [0.1, 0.15) is 36.0 Å². The number of aromatic amines is 1. The van der Waals surface area contributed by atoms with Crippen LogP contribution in [0.25, 0.3) is 10.9 Å². The first-order valence-electron chi connectivity index (χ1n) is 9.83. The molecule has 166 valence electrons. The monoisotopic (exact) mass is 460 g/mol. The van der Waals surface area contributed by atoms with Crippen LogP contribution in [0.4, 0.5) is 18.9 Å². The molecule has 4 rings (SSSR count). The molecule has 0 bridgehead atoms. The summed E-state index contributed by atoms with van der Waals surface area (Å²) < 4.78 is 39.3. The van der Waals surface area contributed by atoms with Crippen LogP contribution in [0.2, 0.25) is 5.15 Å². The molecule has 9 heteroatoms. The van der Waals surface area contributed by atoms with Gasteiger partial charge in [-0.25, -0.2) is 0 Å². The summed E-state index contributed by atoms with van der Waals surface area (Å²) in [5, 5.41) is 13.7.